The fraction of sp³-hybridized carbons (Fsp3) is 0.400. The lowest BCUT2D eigenvalue weighted by Crippen LogP contribution is -2.06. The van der Waals surface area contributed by atoms with Gasteiger partial charge in [0.1, 0.15) is 0 Å². The molecule has 7 heteroatoms. The third-order valence-electron chi connectivity index (χ3n) is 4.64. The average molecular weight is 365 g/mol. The van der Waals surface area contributed by atoms with E-state index in [4.69, 9.17) is 10.7 Å². The van der Waals surface area contributed by atoms with Crippen molar-refractivity contribution in [1.29, 1.82) is 0 Å². The zero-order valence-electron chi connectivity index (χ0n) is 16.2. The molecule has 0 aromatic carbocycles. The van der Waals surface area contributed by atoms with Gasteiger partial charge in [0.2, 0.25) is 0 Å². The van der Waals surface area contributed by atoms with Crippen LogP contribution in [0.1, 0.15) is 51.8 Å². The molecular formula is C20H27N7. The van der Waals surface area contributed by atoms with E-state index in [2.05, 4.69) is 42.2 Å². The average Bonchev–Trinajstić information content (AvgIpc) is 3.35. The van der Waals surface area contributed by atoms with Crippen molar-refractivity contribution in [3.8, 4) is 11.3 Å². The van der Waals surface area contributed by atoms with E-state index in [-0.39, 0.29) is 0 Å². The Morgan fingerprint density at radius 1 is 1.22 bits per heavy atom. The van der Waals surface area contributed by atoms with E-state index >= 15 is 0 Å². The molecule has 0 aliphatic rings. The Balaban J connectivity index is 2.06. The lowest BCUT2D eigenvalue weighted by Gasteiger charge is -2.12. The van der Waals surface area contributed by atoms with Crippen LogP contribution in [0, 0.1) is 0 Å². The first kappa shape index (κ1) is 18.8. The molecule has 0 saturated carbocycles. The number of hydrogen-bond donors (Lipinski definition) is 1. The summed E-state index contributed by atoms with van der Waals surface area (Å²) in [6.07, 6.45) is 14.0. The Morgan fingerprint density at radius 3 is 2.74 bits per heavy atom. The van der Waals surface area contributed by atoms with Crippen LogP contribution in [0.5, 0.6) is 0 Å². The summed E-state index contributed by atoms with van der Waals surface area (Å²) >= 11 is 0. The lowest BCUT2D eigenvalue weighted by atomic mass is 10.1. The number of fused-ring (bicyclic) bond motifs is 1. The minimum Gasteiger partial charge on any atom is -0.404 e. The molecule has 0 fully saturated rings. The first-order valence-electron chi connectivity index (χ1n) is 9.52. The van der Waals surface area contributed by atoms with E-state index in [0.717, 1.165) is 53.8 Å². The zero-order chi connectivity index (χ0) is 19.2. The lowest BCUT2D eigenvalue weighted by molar-refractivity contribution is 0.428. The summed E-state index contributed by atoms with van der Waals surface area (Å²) < 4.78 is 3.85. The van der Waals surface area contributed by atoms with Gasteiger partial charge in [-0.1, -0.05) is 20.8 Å². The topological polar surface area (TPSA) is 86.4 Å². The van der Waals surface area contributed by atoms with Crippen LogP contribution in [0.15, 0.2) is 42.0 Å². The van der Waals surface area contributed by atoms with Crippen molar-refractivity contribution < 1.29 is 0 Å². The molecule has 3 rings (SSSR count). The summed E-state index contributed by atoms with van der Waals surface area (Å²) in [4.78, 5) is 9.26. The maximum atomic E-state index is 5.84. The van der Waals surface area contributed by atoms with Crippen molar-refractivity contribution in [2.45, 2.75) is 46.1 Å². The molecule has 27 heavy (non-hydrogen) atoms. The highest BCUT2D eigenvalue weighted by Crippen LogP contribution is 2.26. The number of aliphatic imine (C=N–C) groups is 1. The molecular weight excluding hydrogens is 338 g/mol. The summed E-state index contributed by atoms with van der Waals surface area (Å²) in [5, 5.41) is 8.95. The number of aromatic nitrogens is 5. The maximum Gasteiger partial charge on any atom is 0.0999 e. The van der Waals surface area contributed by atoms with E-state index in [0.29, 0.717) is 6.04 Å². The first-order chi connectivity index (χ1) is 13.2. The van der Waals surface area contributed by atoms with Crippen LogP contribution in [0.4, 0.5) is 0 Å². The van der Waals surface area contributed by atoms with Gasteiger partial charge >= 0.3 is 0 Å². The normalized spacial score (nSPS) is 12.7. The Kier molecular flexibility index (Phi) is 6.01. The van der Waals surface area contributed by atoms with Crippen LogP contribution < -0.4 is 5.73 Å². The number of nitrogens with two attached hydrogens (primary N) is 1. The molecule has 3 aromatic rings. The Labute approximate surface area is 159 Å². The third-order valence-corrected chi connectivity index (χ3v) is 4.64. The van der Waals surface area contributed by atoms with Gasteiger partial charge in [0.05, 0.1) is 41.5 Å². The van der Waals surface area contributed by atoms with Gasteiger partial charge in [-0.25, -0.2) is 9.50 Å². The van der Waals surface area contributed by atoms with Crippen LogP contribution in [-0.2, 0) is 0 Å². The molecule has 2 N–H and O–H groups in total. The smallest absolute Gasteiger partial charge is 0.0999 e. The summed E-state index contributed by atoms with van der Waals surface area (Å²) in [7, 11) is 0. The summed E-state index contributed by atoms with van der Waals surface area (Å²) in [6, 6.07) is 2.35. The second-order valence-corrected chi connectivity index (χ2v) is 6.47. The number of nitrogens with zero attached hydrogens (tertiary/aromatic N) is 6. The first-order valence-corrected chi connectivity index (χ1v) is 9.52. The van der Waals surface area contributed by atoms with Crippen LogP contribution in [0.3, 0.4) is 0 Å². The van der Waals surface area contributed by atoms with Crippen molar-refractivity contribution >= 4 is 17.3 Å². The molecule has 0 aliphatic heterocycles. The highest BCUT2D eigenvalue weighted by atomic mass is 15.3. The SMILES string of the molecule is CCCN=CC(=CN)c1cn2nccc2c(-c2cnn(C(CC)CC)c2)n1. The second-order valence-electron chi connectivity index (χ2n) is 6.47. The Hall–Kier alpha value is -2.96. The van der Waals surface area contributed by atoms with Crippen molar-refractivity contribution in [3.63, 3.8) is 0 Å². The number of rotatable bonds is 8. The molecule has 0 bridgehead atoms. The molecule has 0 spiro atoms. The van der Waals surface area contributed by atoms with E-state index in [1.807, 2.05) is 27.7 Å². The van der Waals surface area contributed by atoms with Gasteiger partial charge in [0.15, 0.2) is 0 Å². The fourth-order valence-corrected chi connectivity index (χ4v) is 3.09. The third kappa shape index (κ3) is 3.92. The maximum absolute atomic E-state index is 5.84. The molecule has 0 unspecified atom stereocenters. The van der Waals surface area contributed by atoms with Crippen LogP contribution in [0.2, 0.25) is 0 Å². The molecule has 3 heterocycles. The molecule has 0 amide bonds. The van der Waals surface area contributed by atoms with Crippen molar-refractivity contribution in [2.24, 2.45) is 10.7 Å². The highest BCUT2D eigenvalue weighted by molar-refractivity contribution is 6.09. The molecule has 7 nitrogen and oxygen atoms in total. The largest absolute Gasteiger partial charge is 0.404 e. The standard InChI is InChI=1S/C20H27N7/c1-4-8-22-11-15(10-21)18-14-27-19(7-9-23-27)20(25-18)16-12-24-26(13-16)17(5-2)6-3/h7,9-14,17H,4-6,8,21H2,1-3H3. The van der Waals surface area contributed by atoms with Crippen molar-refractivity contribution in [2.75, 3.05) is 6.54 Å². The summed E-state index contributed by atoms with van der Waals surface area (Å²) in [5.41, 5.74) is 10.1. The number of allylic oxidation sites excluding steroid dienone is 1. The van der Waals surface area contributed by atoms with Crippen LogP contribution >= 0.6 is 0 Å². The predicted molar refractivity (Wildman–Crippen MR) is 110 cm³/mol. The highest BCUT2D eigenvalue weighted by Gasteiger charge is 2.15. The summed E-state index contributed by atoms with van der Waals surface area (Å²) in [5.74, 6) is 0. The number of hydrogen-bond acceptors (Lipinski definition) is 5. The van der Waals surface area contributed by atoms with Gasteiger partial charge in [-0.2, -0.15) is 10.2 Å². The van der Waals surface area contributed by atoms with E-state index < -0.39 is 0 Å². The predicted octanol–water partition coefficient (Wildman–Crippen LogP) is 3.73. The molecule has 0 radical (unpaired) electrons. The van der Waals surface area contributed by atoms with Gasteiger partial charge in [-0.3, -0.25) is 9.67 Å². The summed E-state index contributed by atoms with van der Waals surface area (Å²) in [6.45, 7) is 7.21. The fourth-order valence-electron chi connectivity index (χ4n) is 3.09. The minimum atomic E-state index is 0.392. The van der Waals surface area contributed by atoms with E-state index in [9.17, 15) is 0 Å². The monoisotopic (exact) mass is 365 g/mol. The van der Waals surface area contributed by atoms with Crippen LogP contribution in [-0.4, -0.2) is 37.1 Å². The van der Waals surface area contributed by atoms with Gasteiger partial charge in [-0.05, 0) is 25.3 Å². The van der Waals surface area contributed by atoms with E-state index in [1.54, 1.807) is 12.4 Å². The van der Waals surface area contributed by atoms with Gasteiger partial charge in [-0.15, -0.1) is 0 Å². The van der Waals surface area contributed by atoms with Gasteiger partial charge in [0.25, 0.3) is 0 Å². The Morgan fingerprint density at radius 2 is 2.04 bits per heavy atom. The Bertz CT molecular complexity index is 944. The van der Waals surface area contributed by atoms with Crippen molar-refractivity contribution in [3.05, 3.63) is 42.7 Å². The van der Waals surface area contributed by atoms with Crippen LogP contribution in [0.25, 0.3) is 22.3 Å². The zero-order valence-corrected chi connectivity index (χ0v) is 16.2. The quantitative estimate of drug-likeness (QED) is 0.616. The minimum absolute atomic E-state index is 0.392. The second kappa shape index (κ2) is 8.62. The molecule has 0 aliphatic carbocycles. The molecule has 0 saturated heterocycles. The molecule has 3 aromatic heterocycles. The van der Waals surface area contributed by atoms with Gasteiger partial charge < -0.3 is 5.73 Å². The van der Waals surface area contributed by atoms with E-state index in [1.165, 1.54) is 6.20 Å². The molecule has 0 atom stereocenters. The van der Waals surface area contributed by atoms with Gasteiger partial charge in [0, 0.05) is 36.3 Å². The van der Waals surface area contributed by atoms with Crippen molar-refractivity contribution in [1.82, 2.24) is 24.4 Å². The molecule has 142 valence electrons.